The van der Waals surface area contributed by atoms with Crippen LogP contribution in [0.4, 0.5) is 0 Å². The first-order valence-electron chi connectivity index (χ1n) is 3.11. The van der Waals surface area contributed by atoms with Crippen LogP contribution in [0.3, 0.4) is 0 Å². The van der Waals surface area contributed by atoms with E-state index in [1.165, 1.54) is 7.11 Å². The van der Waals surface area contributed by atoms with Crippen molar-refractivity contribution in [3.05, 3.63) is 0 Å². The van der Waals surface area contributed by atoms with Gasteiger partial charge in [0, 0.05) is 7.11 Å². The predicted molar refractivity (Wildman–Crippen MR) is 32.4 cm³/mol. The molecule has 4 nitrogen and oxygen atoms in total. The summed E-state index contributed by atoms with van der Waals surface area (Å²) in [6, 6.07) is 0. The molecule has 1 aliphatic heterocycles. The second-order valence-corrected chi connectivity index (χ2v) is 2.19. The molecular weight excluding hydrogens is 136 g/mol. The van der Waals surface area contributed by atoms with Crippen LogP contribution in [-0.2, 0) is 14.3 Å². The van der Waals surface area contributed by atoms with Crippen LogP contribution < -0.4 is 0 Å². The summed E-state index contributed by atoms with van der Waals surface area (Å²) in [6.07, 6.45) is -0.475. The molecule has 0 unspecified atom stereocenters. The molecular formula is C6H10O4. The maximum absolute atomic E-state index is 10.6. The van der Waals surface area contributed by atoms with Crippen LogP contribution in [0, 0.1) is 0 Å². The van der Waals surface area contributed by atoms with Crippen LogP contribution in [0.5, 0.6) is 0 Å². The van der Waals surface area contributed by atoms with Crippen molar-refractivity contribution >= 4 is 5.97 Å². The summed E-state index contributed by atoms with van der Waals surface area (Å²) in [7, 11) is 1.50. The van der Waals surface area contributed by atoms with Gasteiger partial charge in [0.15, 0.2) is 6.10 Å². The molecule has 1 rings (SSSR count). The van der Waals surface area contributed by atoms with E-state index >= 15 is 0 Å². The largest absolute Gasteiger partial charge is 0.457 e. The maximum Gasteiger partial charge on any atom is 0.309 e. The molecule has 1 heterocycles. The number of carbonyl (C=O) groups excluding carboxylic acids is 1. The van der Waals surface area contributed by atoms with Gasteiger partial charge in [-0.2, -0.15) is 0 Å². The normalized spacial score (nSPS) is 32.4. The summed E-state index contributed by atoms with van der Waals surface area (Å²) in [5.41, 5.74) is 0. The summed E-state index contributed by atoms with van der Waals surface area (Å²) in [5, 5.41) is 8.63. The summed E-state index contributed by atoms with van der Waals surface area (Å²) < 4.78 is 9.58. The van der Waals surface area contributed by atoms with E-state index in [0.717, 1.165) is 0 Å². The lowest BCUT2D eigenvalue weighted by molar-refractivity contribution is -0.143. The van der Waals surface area contributed by atoms with Crippen molar-refractivity contribution in [3.63, 3.8) is 0 Å². The van der Waals surface area contributed by atoms with E-state index in [1.807, 2.05) is 0 Å². The van der Waals surface area contributed by atoms with Crippen molar-refractivity contribution < 1.29 is 19.4 Å². The van der Waals surface area contributed by atoms with Gasteiger partial charge in [-0.05, 0) is 0 Å². The molecule has 1 N–H and O–H groups in total. The number of methoxy groups -OCH3 is 1. The van der Waals surface area contributed by atoms with Crippen molar-refractivity contribution in [2.24, 2.45) is 0 Å². The minimum Gasteiger partial charge on any atom is -0.457 e. The van der Waals surface area contributed by atoms with Crippen molar-refractivity contribution in [2.75, 3.05) is 13.7 Å². The third-order valence-corrected chi connectivity index (χ3v) is 1.55. The Labute approximate surface area is 58.7 Å². The van der Waals surface area contributed by atoms with E-state index in [4.69, 9.17) is 14.6 Å². The highest BCUT2D eigenvalue weighted by molar-refractivity contribution is 5.72. The molecule has 0 spiro atoms. The Morgan fingerprint density at radius 3 is 3.00 bits per heavy atom. The van der Waals surface area contributed by atoms with Crippen LogP contribution in [0.2, 0.25) is 0 Å². The molecule has 0 aromatic heterocycles. The first kappa shape index (κ1) is 7.50. The Balaban J connectivity index is 2.48. The fourth-order valence-corrected chi connectivity index (χ4v) is 0.979. The monoisotopic (exact) mass is 146 g/mol. The third kappa shape index (κ3) is 1.27. The molecule has 1 fully saturated rings. The van der Waals surface area contributed by atoms with Gasteiger partial charge in [0.25, 0.3) is 0 Å². The molecule has 0 aliphatic carbocycles. The lowest BCUT2D eigenvalue weighted by atomic mass is 10.2. The van der Waals surface area contributed by atoms with Crippen molar-refractivity contribution in [1.82, 2.24) is 0 Å². The molecule has 0 radical (unpaired) electrons. The topological polar surface area (TPSA) is 55.8 Å². The van der Waals surface area contributed by atoms with Crippen molar-refractivity contribution in [2.45, 2.75) is 18.6 Å². The molecule has 4 heteroatoms. The minimum absolute atomic E-state index is 0.162. The molecule has 58 valence electrons. The van der Waals surface area contributed by atoms with Gasteiger partial charge >= 0.3 is 5.97 Å². The van der Waals surface area contributed by atoms with Crippen molar-refractivity contribution in [3.8, 4) is 0 Å². The second-order valence-electron chi connectivity index (χ2n) is 2.19. The number of cyclic esters (lactones) is 1. The highest BCUT2D eigenvalue weighted by atomic mass is 16.6. The van der Waals surface area contributed by atoms with Gasteiger partial charge in [-0.1, -0.05) is 0 Å². The molecule has 0 bridgehead atoms. The zero-order valence-corrected chi connectivity index (χ0v) is 5.74. The van der Waals surface area contributed by atoms with E-state index < -0.39 is 6.10 Å². The number of aliphatic hydroxyl groups is 1. The standard InChI is InChI=1S/C6H10O4/c1-9-4-2-6(8)10-5(4)3-7/h4-5,7H,2-3H2,1H3/t4-,5-/m0/s1. The smallest absolute Gasteiger partial charge is 0.309 e. The van der Waals surface area contributed by atoms with Gasteiger partial charge in [-0.25, -0.2) is 0 Å². The van der Waals surface area contributed by atoms with Gasteiger partial charge < -0.3 is 14.6 Å². The fourth-order valence-electron chi connectivity index (χ4n) is 0.979. The zero-order valence-electron chi connectivity index (χ0n) is 5.74. The van der Waals surface area contributed by atoms with Gasteiger partial charge in [0.1, 0.15) is 6.10 Å². The van der Waals surface area contributed by atoms with Gasteiger partial charge in [-0.15, -0.1) is 0 Å². The number of ether oxygens (including phenoxy) is 2. The van der Waals surface area contributed by atoms with Crippen LogP contribution in [0.25, 0.3) is 0 Å². The third-order valence-electron chi connectivity index (χ3n) is 1.55. The Morgan fingerprint density at radius 2 is 2.60 bits per heavy atom. The maximum atomic E-state index is 10.6. The Morgan fingerprint density at radius 1 is 1.90 bits per heavy atom. The minimum atomic E-state index is -0.461. The van der Waals surface area contributed by atoms with Crippen LogP contribution >= 0.6 is 0 Å². The Hall–Kier alpha value is -0.610. The van der Waals surface area contributed by atoms with E-state index in [-0.39, 0.29) is 25.1 Å². The molecule has 2 atom stereocenters. The summed E-state index contributed by atoms with van der Waals surface area (Å²) in [5.74, 6) is -0.300. The zero-order chi connectivity index (χ0) is 7.56. The molecule has 10 heavy (non-hydrogen) atoms. The number of hydrogen-bond acceptors (Lipinski definition) is 4. The predicted octanol–water partition coefficient (Wildman–Crippen LogP) is -0.691. The van der Waals surface area contributed by atoms with Crippen LogP contribution in [0.15, 0.2) is 0 Å². The summed E-state index contributed by atoms with van der Waals surface area (Å²) in [4.78, 5) is 10.6. The fraction of sp³-hybridized carbons (Fsp3) is 0.833. The SMILES string of the molecule is CO[C@H]1CC(=O)O[C@H]1CO. The first-order chi connectivity index (χ1) is 4.77. The lowest BCUT2D eigenvalue weighted by Gasteiger charge is -2.11. The Bertz CT molecular complexity index is 120. The number of aliphatic hydroxyl groups excluding tert-OH is 1. The van der Waals surface area contributed by atoms with Gasteiger partial charge in [0.2, 0.25) is 0 Å². The average molecular weight is 146 g/mol. The van der Waals surface area contributed by atoms with E-state index in [9.17, 15) is 4.79 Å². The highest BCUT2D eigenvalue weighted by Gasteiger charge is 2.33. The molecule has 0 aromatic rings. The Kier molecular flexibility index (Phi) is 2.24. The first-order valence-corrected chi connectivity index (χ1v) is 3.11. The number of hydrogen-bond donors (Lipinski definition) is 1. The number of esters is 1. The highest BCUT2D eigenvalue weighted by Crippen LogP contribution is 2.16. The lowest BCUT2D eigenvalue weighted by Crippen LogP contribution is -2.26. The molecule has 0 saturated carbocycles. The van der Waals surface area contributed by atoms with Gasteiger partial charge in [0.05, 0.1) is 13.0 Å². The average Bonchev–Trinajstić information content (AvgIpc) is 2.30. The summed E-state index contributed by atoms with van der Waals surface area (Å²) >= 11 is 0. The quantitative estimate of drug-likeness (QED) is 0.524. The van der Waals surface area contributed by atoms with E-state index in [2.05, 4.69) is 0 Å². The van der Waals surface area contributed by atoms with E-state index in [1.54, 1.807) is 0 Å². The van der Waals surface area contributed by atoms with E-state index in [0.29, 0.717) is 0 Å². The number of rotatable bonds is 2. The molecule has 0 aromatic carbocycles. The van der Waals surface area contributed by atoms with Gasteiger partial charge in [-0.3, -0.25) is 4.79 Å². The summed E-state index contributed by atoms with van der Waals surface area (Å²) in [6.45, 7) is -0.162. The van der Waals surface area contributed by atoms with Crippen LogP contribution in [0.1, 0.15) is 6.42 Å². The van der Waals surface area contributed by atoms with Crippen LogP contribution in [-0.4, -0.2) is 37.0 Å². The van der Waals surface area contributed by atoms with Crippen molar-refractivity contribution in [1.29, 1.82) is 0 Å². The second kappa shape index (κ2) is 2.98. The molecule has 0 amide bonds. The molecule has 1 saturated heterocycles. The number of carbonyl (C=O) groups is 1. The molecule has 1 aliphatic rings.